The topological polar surface area (TPSA) is 140 Å². The number of carboxylic acids is 1. The number of nitrogens with zero attached hydrogens (tertiary/aromatic N) is 2. The molecular weight excluding hydrogens is 358 g/mol. The summed E-state index contributed by atoms with van der Waals surface area (Å²) in [4.78, 5) is 32.6. The highest BCUT2D eigenvalue weighted by Gasteiger charge is 2.14. The number of hydrazone groups is 1. The first-order valence-electron chi connectivity index (χ1n) is 7.59. The fraction of sp³-hybridized carbons (Fsp3) is 0.118. The number of carbonyl (C=O) groups excluding carboxylic acids is 1. The van der Waals surface area contributed by atoms with Gasteiger partial charge in [-0.25, -0.2) is 10.2 Å². The van der Waals surface area contributed by atoms with E-state index in [0.29, 0.717) is 5.56 Å². The van der Waals surface area contributed by atoms with Gasteiger partial charge in [0, 0.05) is 11.6 Å². The first kappa shape index (κ1) is 19.4. The quantitative estimate of drug-likeness (QED) is 0.386. The number of aliphatic carboxylic acids is 1. The lowest BCUT2D eigenvalue weighted by Gasteiger charge is -2.07. The van der Waals surface area contributed by atoms with Crippen LogP contribution in [0.5, 0.6) is 11.5 Å². The number of hydrogen-bond donors (Lipinski definition) is 2. The fourth-order valence-corrected chi connectivity index (χ4v) is 1.94. The van der Waals surface area contributed by atoms with E-state index in [-0.39, 0.29) is 17.2 Å². The Kier molecular flexibility index (Phi) is 6.83. The van der Waals surface area contributed by atoms with Crippen LogP contribution in [0.15, 0.2) is 53.6 Å². The second kappa shape index (κ2) is 9.51. The number of ether oxygens (including phenoxy) is 2. The molecule has 0 fully saturated rings. The Bertz CT molecular complexity index is 867. The highest BCUT2D eigenvalue weighted by Crippen LogP contribution is 2.25. The van der Waals surface area contributed by atoms with Crippen molar-refractivity contribution >= 4 is 23.8 Å². The average molecular weight is 373 g/mol. The maximum Gasteiger partial charge on any atom is 0.341 e. The van der Waals surface area contributed by atoms with E-state index in [2.05, 4.69) is 10.5 Å². The van der Waals surface area contributed by atoms with Crippen LogP contribution in [0, 0.1) is 10.1 Å². The van der Waals surface area contributed by atoms with Crippen LogP contribution in [-0.4, -0.2) is 41.3 Å². The molecule has 140 valence electrons. The second-order valence-corrected chi connectivity index (χ2v) is 5.03. The maximum absolute atomic E-state index is 11.8. The summed E-state index contributed by atoms with van der Waals surface area (Å²) in [7, 11) is 0. The van der Waals surface area contributed by atoms with E-state index in [4.69, 9.17) is 14.6 Å². The van der Waals surface area contributed by atoms with E-state index in [1.165, 1.54) is 24.4 Å². The molecule has 2 aromatic carbocycles. The molecule has 1 amide bonds. The number of rotatable bonds is 9. The average Bonchev–Trinajstić information content (AvgIpc) is 2.65. The Morgan fingerprint density at radius 1 is 1.07 bits per heavy atom. The molecule has 0 aromatic heterocycles. The van der Waals surface area contributed by atoms with E-state index >= 15 is 0 Å². The molecule has 0 bridgehead atoms. The van der Waals surface area contributed by atoms with Crippen LogP contribution in [0.4, 0.5) is 5.69 Å². The predicted octanol–water partition coefficient (Wildman–Crippen LogP) is 1.59. The number of carboxylic acid groups (broad SMARTS) is 1. The summed E-state index contributed by atoms with van der Waals surface area (Å²) in [6.45, 7) is -0.986. The van der Waals surface area contributed by atoms with Crippen LogP contribution in [0.1, 0.15) is 5.56 Å². The van der Waals surface area contributed by atoms with E-state index in [1.54, 1.807) is 30.3 Å². The SMILES string of the molecule is O=C(O)COc1ccccc1/C=N\NC(=O)COc1ccccc1[N+](=O)[O-]. The van der Waals surface area contributed by atoms with Gasteiger partial charge >= 0.3 is 11.7 Å². The molecule has 2 N–H and O–H groups in total. The smallest absolute Gasteiger partial charge is 0.341 e. The Labute approximate surface area is 153 Å². The van der Waals surface area contributed by atoms with E-state index in [9.17, 15) is 19.7 Å². The van der Waals surface area contributed by atoms with Gasteiger partial charge in [-0.15, -0.1) is 0 Å². The van der Waals surface area contributed by atoms with Crippen molar-refractivity contribution in [3.05, 3.63) is 64.2 Å². The minimum absolute atomic E-state index is 0.0333. The van der Waals surface area contributed by atoms with Crippen molar-refractivity contribution in [2.24, 2.45) is 5.10 Å². The highest BCUT2D eigenvalue weighted by molar-refractivity contribution is 5.85. The van der Waals surface area contributed by atoms with Gasteiger partial charge in [0.15, 0.2) is 19.0 Å². The molecular formula is C17H15N3O7. The summed E-state index contributed by atoms with van der Waals surface area (Å²) in [6.07, 6.45) is 1.28. The number of nitro groups is 1. The van der Waals surface area contributed by atoms with Crippen molar-refractivity contribution in [2.75, 3.05) is 13.2 Å². The number of nitrogens with one attached hydrogen (secondary N) is 1. The predicted molar refractivity (Wildman–Crippen MR) is 93.9 cm³/mol. The van der Waals surface area contributed by atoms with Gasteiger partial charge in [-0.1, -0.05) is 24.3 Å². The molecule has 0 saturated carbocycles. The number of hydrogen-bond acceptors (Lipinski definition) is 7. The number of para-hydroxylation sites is 3. The molecule has 0 atom stereocenters. The number of carbonyl (C=O) groups is 2. The lowest BCUT2D eigenvalue weighted by molar-refractivity contribution is -0.385. The first-order chi connectivity index (χ1) is 13.0. The molecule has 0 aliphatic rings. The first-order valence-corrected chi connectivity index (χ1v) is 7.59. The summed E-state index contributed by atoms with van der Waals surface area (Å²) in [5.41, 5.74) is 2.41. The monoisotopic (exact) mass is 373 g/mol. The number of amides is 1. The molecule has 0 heterocycles. The minimum Gasteiger partial charge on any atom is -0.481 e. The van der Waals surface area contributed by atoms with Gasteiger partial charge < -0.3 is 14.6 Å². The summed E-state index contributed by atoms with van der Waals surface area (Å²) in [5, 5.41) is 23.3. The molecule has 2 rings (SSSR count). The molecule has 10 heteroatoms. The van der Waals surface area contributed by atoms with Gasteiger partial charge in [-0.05, 0) is 18.2 Å². The molecule has 0 aliphatic carbocycles. The molecule has 0 unspecified atom stereocenters. The lowest BCUT2D eigenvalue weighted by atomic mass is 10.2. The van der Waals surface area contributed by atoms with Gasteiger partial charge in [0.2, 0.25) is 0 Å². The molecule has 10 nitrogen and oxygen atoms in total. The van der Waals surface area contributed by atoms with E-state index in [1.807, 2.05) is 0 Å². The van der Waals surface area contributed by atoms with Gasteiger partial charge in [-0.2, -0.15) is 5.10 Å². The van der Waals surface area contributed by atoms with Crippen LogP contribution in [-0.2, 0) is 9.59 Å². The summed E-state index contributed by atoms with van der Waals surface area (Å²) >= 11 is 0. The van der Waals surface area contributed by atoms with Gasteiger partial charge in [-0.3, -0.25) is 14.9 Å². The molecule has 27 heavy (non-hydrogen) atoms. The zero-order chi connectivity index (χ0) is 19.6. The number of nitro benzene ring substituents is 1. The normalized spacial score (nSPS) is 10.4. The lowest BCUT2D eigenvalue weighted by Crippen LogP contribution is -2.24. The van der Waals surface area contributed by atoms with E-state index < -0.39 is 30.0 Å². The standard InChI is InChI=1S/C17H15N3O7/c21-16(10-26-15-8-4-2-6-13(15)20(24)25)19-18-9-12-5-1-3-7-14(12)27-11-17(22)23/h1-9H,10-11H2,(H,19,21)(H,22,23)/b18-9-. The molecule has 0 saturated heterocycles. The summed E-state index contributed by atoms with van der Waals surface area (Å²) < 4.78 is 10.2. The van der Waals surface area contributed by atoms with Gasteiger partial charge in [0.1, 0.15) is 5.75 Å². The third-order valence-electron chi connectivity index (χ3n) is 3.08. The van der Waals surface area contributed by atoms with Crippen LogP contribution in [0.25, 0.3) is 0 Å². The molecule has 2 aromatic rings. The van der Waals surface area contributed by atoms with Crippen molar-refractivity contribution in [1.29, 1.82) is 0 Å². The van der Waals surface area contributed by atoms with Crippen LogP contribution in [0.3, 0.4) is 0 Å². The largest absolute Gasteiger partial charge is 0.481 e. The Morgan fingerprint density at radius 2 is 1.70 bits per heavy atom. The Balaban J connectivity index is 1.91. The zero-order valence-corrected chi connectivity index (χ0v) is 13.9. The summed E-state index contributed by atoms with van der Waals surface area (Å²) in [6, 6.07) is 12.2. The van der Waals surface area contributed by atoms with Crippen LogP contribution in [0.2, 0.25) is 0 Å². The van der Waals surface area contributed by atoms with Crippen molar-refractivity contribution in [3.8, 4) is 11.5 Å². The highest BCUT2D eigenvalue weighted by atomic mass is 16.6. The summed E-state index contributed by atoms with van der Waals surface area (Å²) in [5.74, 6) is -1.50. The third kappa shape index (κ3) is 6.12. The van der Waals surface area contributed by atoms with Gasteiger partial charge in [0.05, 0.1) is 11.1 Å². The third-order valence-corrected chi connectivity index (χ3v) is 3.08. The second-order valence-electron chi connectivity index (χ2n) is 5.03. The molecule has 0 radical (unpaired) electrons. The minimum atomic E-state index is -1.12. The van der Waals surface area contributed by atoms with Crippen LogP contribution < -0.4 is 14.9 Å². The van der Waals surface area contributed by atoms with Crippen molar-refractivity contribution in [2.45, 2.75) is 0 Å². The fourth-order valence-electron chi connectivity index (χ4n) is 1.94. The Morgan fingerprint density at radius 3 is 2.41 bits per heavy atom. The Hall–Kier alpha value is -3.95. The van der Waals surface area contributed by atoms with Gasteiger partial charge in [0.25, 0.3) is 5.91 Å². The maximum atomic E-state index is 11.8. The van der Waals surface area contributed by atoms with Crippen molar-refractivity contribution in [3.63, 3.8) is 0 Å². The van der Waals surface area contributed by atoms with Crippen molar-refractivity contribution in [1.82, 2.24) is 5.43 Å². The number of benzene rings is 2. The van der Waals surface area contributed by atoms with Crippen LogP contribution >= 0.6 is 0 Å². The van der Waals surface area contributed by atoms with E-state index in [0.717, 1.165) is 0 Å². The van der Waals surface area contributed by atoms with Crippen molar-refractivity contribution < 1.29 is 29.1 Å². The molecule has 0 spiro atoms. The zero-order valence-electron chi connectivity index (χ0n) is 13.9. The molecule has 0 aliphatic heterocycles.